The molecular weight excluding hydrogens is 290 g/mol. The summed E-state index contributed by atoms with van der Waals surface area (Å²) in [4.78, 5) is 17.6. The van der Waals surface area contributed by atoms with Gasteiger partial charge in [0.1, 0.15) is 5.76 Å². The van der Waals surface area contributed by atoms with Gasteiger partial charge in [-0.15, -0.1) is 0 Å². The maximum absolute atomic E-state index is 10.4. The number of imidazole rings is 1. The van der Waals surface area contributed by atoms with Crippen LogP contribution in [-0.4, -0.2) is 23.5 Å². The largest absolute Gasteiger partial charge is 0.496 e. The molecule has 120 valence electrons. The number of hydrogen-bond donors (Lipinski definition) is 2. The second kappa shape index (κ2) is 7.98. The summed E-state index contributed by atoms with van der Waals surface area (Å²) in [5, 5.41) is 2.51. The average Bonchev–Trinajstić information content (AvgIpc) is 2.97. The lowest BCUT2D eigenvalue weighted by molar-refractivity contribution is -0.105. The molecule has 3 rings (SSSR count). The quantitative estimate of drug-likeness (QED) is 0.847. The minimum absolute atomic E-state index is 0.439. The number of H-pyrrole nitrogens is 1. The van der Waals surface area contributed by atoms with E-state index in [0.29, 0.717) is 12.4 Å². The highest BCUT2D eigenvalue weighted by molar-refractivity contribution is 5.77. The Labute approximate surface area is 136 Å². The fourth-order valence-corrected chi connectivity index (χ4v) is 2.42. The van der Waals surface area contributed by atoms with Crippen LogP contribution in [0.4, 0.5) is 5.95 Å². The third-order valence-corrected chi connectivity index (χ3v) is 3.44. The number of nitrogens with zero attached hydrogens (tertiary/aromatic N) is 1. The fraction of sp³-hybridized carbons (Fsp3) is 0.222. The SMILES string of the molecule is CC.COC1=CC=C(c2cnc(NC=O)[nH]2)Cc2ccccc21. The zero-order valence-electron chi connectivity index (χ0n) is 13.6. The third kappa shape index (κ3) is 3.69. The lowest BCUT2D eigenvalue weighted by Crippen LogP contribution is -1.97. The molecule has 2 aromatic rings. The van der Waals surface area contributed by atoms with E-state index in [1.807, 2.05) is 44.2 Å². The number of anilines is 1. The van der Waals surface area contributed by atoms with E-state index in [1.165, 1.54) is 5.56 Å². The van der Waals surface area contributed by atoms with Crippen molar-refractivity contribution in [2.24, 2.45) is 0 Å². The van der Waals surface area contributed by atoms with Crippen LogP contribution in [0.3, 0.4) is 0 Å². The Balaban J connectivity index is 0.000000924. The maximum Gasteiger partial charge on any atom is 0.213 e. The summed E-state index contributed by atoms with van der Waals surface area (Å²) < 4.78 is 5.46. The number of carbonyl (C=O) groups excluding carboxylic acids is 1. The second-order valence-corrected chi connectivity index (χ2v) is 4.67. The molecule has 2 N–H and O–H groups in total. The molecular formula is C18H21N3O2. The number of carbonyl (C=O) groups is 1. The summed E-state index contributed by atoms with van der Waals surface area (Å²) in [6, 6.07) is 8.15. The van der Waals surface area contributed by atoms with Gasteiger partial charge in [-0.3, -0.25) is 10.1 Å². The molecule has 0 bridgehead atoms. The number of benzene rings is 1. The van der Waals surface area contributed by atoms with Crippen molar-refractivity contribution in [3.05, 3.63) is 59.4 Å². The van der Waals surface area contributed by atoms with Crippen LogP contribution < -0.4 is 5.32 Å². The van der Waals surface area contributed by atoms with Gasteiger partial charge in [0, 0.05) is 12.0 Å². The van der Waals surface area contributed by atoms with Crippen LogP contribution in [0.2, 0.25) is 0 Å². The zero-order chi connectivity index (χ0) is 16.7. The van der Waals surface area contributed by atoms with E-state index in [0.717, 1.165) is 29.0 Å². The summed E-state index contributed by atoms with van der Waals surface area (Å²) in [7, 11) is 1.67. The predicted octanol–water partition coefficient (Wildman–Crippen LogP) is 3.63. The first-order chi connectivity index (χ1) is 11.3. The van der Waals surface area contributed by atoms with E-state index in [4.69, 9.17) is 4.74 Å². The van der Waals surface area contributed by atoms with Gasteiger partial charge in [0.2, 0.25) is 12.4 Å². The monoisotopic (exact) mass is 311 g/mol. The number of aromatic nitrogens is 2. The number of fused-ring (bicyclic) bond motifs is 1. The first-order valence-electron chi connectivity index (χ1n) is 7.60. The van der Waals surface area contributed by atoms with Crippen LogP contribution in [0, 0.1) is 0 Å². The summed E-state index contributed by atoms with van der Waals surface area (Å²) in [6.45, 7) is 4.00. The Morgan fingerprint density at radius 1 is 1.26 bits per heavy atom. The molecule has 1 aliphatic carbocycles. The molecule has 5 nitrogen and oxygen atoms in total. The molecule has 5 heteroatoms. The summed E-state index contributed by atoms with van der Waals surface area (Å²) in [5.74, 6) is 1.28. The maximum atomic E-state index is 10.4. The van der Waals surface area contributed by atoms with Crippen molar-refractivity contribution >= 4 is 23.7 Å². The molecule has 0 saturated heterocycles. The van der Waals surface area contributed by atoms with Gasteiger partial charge in [-0.25, -0.2) is 4.98 Å². The Morgan fingerprint density at radius 2 is 2.04 bits per heavy atom. The fourth-order valence-electron chi connectivity index (χ4n) is 2.42. The zero-order valence-corrected chi connectivity index (χ0v) is 13.6. The number of ether oxygens (including phenoxy) is 1. The Kier molecular flexibility index (Phi) is 5.74. The molecule has 0 aliphatic heterocycles. The van der Waals surface area contributed by atoms with E-state index in [1.54, 1.807) is 13.3 Å². The normalized spacial score (nSPS) is 12.7. The van der Waals surface area contributed by atoms with E-state index >= 15 is 0 Å². The van der Waals surface area contributed by atoms with Crippen LogP contribution in [0.1, 0.15) is 30.7 Å². The van der Waals surface area contributed by atoms with Crippen LogP contribution in [-0.2, 0) is 16.0 Å². The molecule has 1 amide bonds. The highest BCUT2D eigenvalue weighted by Crippen LogP contribution is 2.29. The molecule has 1 heterocycles. The van der Waals surface area contributed by atoms with Crippen molar-refractivity contribution in [1.82, 2.24) is 9.97 Å². The Hall–Kier alpha value is -2.82. The molecule has 0 saturated carbocycles. The molecule has 1 aromatic heterocycles. The minimum Gasteiger partial charge on any atom is -0.496 e. The van der Waals surface area contributed by atoms with Gasteiger partial charge in [-0.2, -0.15) is 0 Å². The van der Waals surface area contributed by atoms with Gasteiger partial charge >= 0.3 is 0 Å². The number of methoxy groups -OCH3 is 1. The lowest BCUT2D eigenvalue weighted by Gasteiger charge is -2.10. The van der Waals surface area contributed by atoms with E-state index in [-0.39, 0.29) is 0 Å². The van der Waals surface area contributed by atoms with Gasteiger partial charge in [0.05, 0.1) is 19.0 Å². The van der Waals surface area contributed by atoms with Gasteiger partial charge in [0.15, 0.2) is 0 Å². The number of nitrogens with one attached hydrogen (secondary N) is 2. The highest BCUT2D eigenvalue weighted by Gasteiger charge is 2.15. The number of allylic oxidation sites excluding steroid dienone is 3. The first kappa shape index (κ1) is 16.5. The van der Waals surface area contributed by atoms with Gasteiger partial charge in [-0.05, 0) is 17.2 Å². The minimum atomic E-state index is 0.439. The molecule has 0 atom stereocenters. The smallest absolute Gasteiger partial charge is 0.213 e. The highest BCUT2D eigenvalue weighted by atomic mass is 16.5. The topological polar surface area (TPSA) is 67.0 Å². The number of rotatable bonds is 4. The van der Waals surface area contributed by atoms with Crippen molar-refractivity contribution in [2.75, 3.05) is 12.4 Å². The number of amides is 1. The van der Waals surface area contributed by atoms with Crippen LogP contribution in [0.15, 0.2) is 42.6 Å². The van der Waals surface area contributed by atoms with Crippen molar-refractivity contribution in [2.45, 2.75) is 20.3 Å². The number of aromatic amines is 1. The molecule has 0 fully saturated rings. The van der Waals surface area contributed by atoms with Crippen molar-refractivity contribution in [1.29, 1.82) is 0 Å². The molecule has 0 unspecified atom stereocenters. The van der Waals surface area contributed by atoms with Gasteiger partial charge < -0.3 is 9.72 Å². The van der Waals surface area contributed by atoms with Crippen LogP contribution >= 0.6 is 0 Å². The van der Waals surface area contributed by atoms with Gasteiger partial charge in [-0.1, -0.05) is 44.2 Å². The van der Waals surface area contributed by atoms with Gasteiger partial charge in [0.25, 0.3) is 0 Å². The predicted molar refractivity (Wildman–Crippen MR) is 92.7 cm³/mol. The van der Waals surface area contributed by atoms with Crippen molar-refractivity contribution in [3.8, 4) is 0 Å². The lowest BCUT2D eigenvalue weighted by atomic mass is 10.00. The summed E-state index contributed by atoms with van der Waals surface area (Å²) in [5.41, 5.74) is 4.24. The standard InChI is InChI=1S/C16H15N3O2.C2H6/c1-21-15-7-6-12(8-11-4-2-3-5-13(11)15)14-9-17-16(19-14)18-10-20;1-2/h2-7,9-10H,8H2,1H3,(H2,17,18,19,20);1-2H3. The second-order valence-electron chi connectivity index (χ2n) is 4.67. The van der Waals surface area contributed by atoms with E-state index in [2.05, 4.69) is 21.4 Å². The summed E-state index contributed by atoms with van der Waals surface area (Å²) >= 11 is 0. The number of hydrogen-bond acceptors (Lipinski definition) is 3. The molecule has 1 aromatic carbocycles. The van der Waals surface area contributed by atoms with E-state index < -0.39 is 0 Å². The Bertz CT molecular complexity index is 729. The third-order valence-electron chi connectivity index (χ3n) is 3.44. The van der Waals surface area contributed by atoms with Crippen LogP contribution in [0.5, 0.6) is 0 Å². The average molecular weight is 311 g/mol. The molecule has 1 aliphatic rings. The Morgan fingerprint density at radius 3 is 2.78 bits per heavy atom. The molecule has 23 heavy (non-hydrogen) atoms. The molecule has 0 radical (unpaired) electrons. The van der Waals surface area contributed by atoms with Crippen molar-refractivity contribution in [3.63, 3.8) is 0 Å². The summed E-state index contributed by atoms with van der Waals surface area (Å²) in [6.07, 6.45) is 7.04. The van der Waals surface area contributed by atoms with Crippen LogP contribution in [0.25, 0.3) is 11.3 Å². The van der Waals surface area contributed by atoms with Crippen molar-refractivity contribution < 1.29 is 9.53 Å². The first-order valence-corrected chi connectivity index (χ1v) is 7.60. The molecule has 0 spiro atoms. The van der Waals surface area contributed by atoms with E-state index in [9.17, 15) is 4.79 Å².